The van der Waals surface area contributed by atoms with E-state index in [0.717, 1.165) is 55.8 Å². The fraction of sp³-hybridized carbons (Fsp3) is 0.440. The number of carbonyl (C=O) groups excluding carboxylic acids is 2. The molecule has 1 aromatic carbocycles. The predicted molar refractivity (Wildman–Crippen MR) is 133 cm³/mol. The minimum absolute atomic E-state index is 0.130. The van der Waals surface area contributed by atoms with Gasteiger partial charge in [0.1, 0.15) is 11.3 Å². The van der Waals surface area contributed by atoms with Crippen LogP contribution in [-0.4, -0.2) is 64.6 Å². The molecule has 3 aromatic rings. The standard InChI is InChI=1S/C25H32N6O3/c1-5-20(6-2)31-22(24(33)34-4)15-18-16-26-25(28-23(18)31)27-19-7-9-21(10-8-19)30-13-11-29(12-14-30)17(3)32/h7-10,15-16,20H,5-6,11-14H2,1-4H3,(H,26,27,28). The van der Waals surface area contributed by atoms with Gasteiger partial charge in [-0.2, -0.15) is 4.98 Å². The first-order valence-electron chi connectivity index (χ1n) is 11.8. The van der Waals surface area contributed by atoms with Crippen molar-refractivity contribution in [2.45, 2.75) is 39.7 Å². The second kappa shape index (κ2) is 10.1. The highest BCUT2D eigenvalue weighted by atomic mass is 16.5. The highest BCUT2D eigenvalue weighted by Gasteiger charge is 2.22. The van der Waals surface area contributed by atoms with Gasteiger partial charge in [-0.05, 0) is 43.2 Å². The molecular formula is C25H32N6O3. The van der Waals surface area contributed by atoms with Gasteiger partial charge in [-0.15, -0.1) is 0 Å². The topological polar surface area (TPSA) is 92.6 Å². The molecule has 180 valence electrons. The molecule has 0 radical (unpaired) electrons. The van der Waals surface area contributed by atoms with Crippen molar-refractivity contribution in [3.8, 4) is 0 Å². The van der Waals surface area contributed by atoms with Gasteiger partial charge >= 0.3 is 5.97 Å². The van der Waals surface area contributed by atoms with Crippen LogP contribution in [-0.2, 0) is 9.53 Å². The number of benzene rings is 1. The quantitative estimate of drug-likeness (QED) is 0.529. The number of nitrogens with one attached hydrogen (secondary N) is 1. The molecule has 1 fully saturated rings. The van der Waals surface area contributed by atoms with Crippen molar-refractivity contribution in [2.75, 3.05) is 43.5 Å². The number of hydrogen-bond acceptors (Lipinski definition) is 7. The number of esters is 1. The van der Waals surface area contributed by atoms with Crippen molar-refractivity contribution in [3.63, 3.8) is 0 Å². The van der Waals surface area contributed by atoms with Gasteiger partial charge in [-0.25, -0.2) is 9.78 Å². The van der Waals surface area contributed by atoms with E-state index in [2.05, 4.69) is 41.2 Å². The molecule has 0 saturated carbocycles. The Morgan fingerprint density at radius 1 is 1.09 bits per heavy atom. The number of hydrogen-bond donors (Lipinski definition) is 1. The number of piperazine rings is 1. The van der Waals surface area contributed by atoms with E-state index in [1.54, 1.807) is 19.2 Å². The maximum Gasteiger partial charge on any atom is 0.354 e. The Hall–Kier alpha value is -3.62. The minimum atomic E-state index is -0.376. The largest absolute Gasteiger partial charge is 0.464 e. The second-order valence-corrected chi connectivity index (χ2v) is 8.50. The summed E-state index contributed by atoms with van der Waals surface area (Å²) in [7, 11) is 1.39. The zero-order chi connectivity index (χ0) is 24.2. The van der Waals surface area contributed by atoms with Crippen molar-refractivity contribution < 1.29 is 14.3 Å². The lowest BCUT2D eigenvalue weighted by Crippen LogP contribution is -2.48. The predicted octanol–water partition coefficient (Wildman–Crippen LogP) is 3.99. The van der Waals surface area contributed by atoms with Crippen LogP contribution in [0.25, 0.3) is 11.0 Å². The Balaban J connectivity index is 1.55. The summed E-state index contributed by atoms with van der Waals surface area (Å²) in [5, 5.41) is 4.08. The normalized spacial score (nSPS) is 14.0. The van der Waals surface area contributed by atoms with Gasteiger partial charge in [0.15, 0.2) is 0 Å². The Labute approximate surface area is 199 Å². The van der Waals surface area contributed by atoms with Crippen LogP contribution in [0.5, 0.6) is 0 Å². The molecule has 0 bridgehead atoms. The SMILES string of the molecule is CCC(CC)n1c(C(=O)OC)cc2cnc(Nc3ccc(N4CCN(C(C)=O)CC4)cc3)nc21. The lowest BCUT2D eigenvalue weighted by atomic mass is 10.1. The first-order valence-corrected chi connectivity index (χ1v) is 11.8. The molecule has 1 N–H and O–H groups in total. The summed E-state index contributed by atoms with van der Waals surface area (Å²) in [5.41, 5.74) is 3.20. The average molecular weight is 465 g/mol. The van der Waals surface area contributed by atoms with Crippen molar-refractivity contribution in [3.05, 3.63) is 42.2 Å². The van der Waals surface area contributed by atoms with Gasteiger partial charge in [0, 0.05) is 62.1 Å². The molecule has 2 aromatic heterocycles. The number of amides is 1. The number of aromatic nitrogens is 3. The fourth-order valence-corrected chi connectivity index (χ4v) is 4.52. The summed E-state index contributed by atoms with van der Waals surface area (Å²) in [5.74, 6) is 0.224. The van der Waals surface area contributed by atoms with E-state index in [0.29, 0.717) is 17.3 Å². The third kappa shape index (κ3) is 4.69. The van der Waals surface area contributed by atoms with E-state index < -0.39 is 0 Å². The lowest BCUT2D eigenvalue weighted by Gasteiger charge is -2.35. The summed E-state index contributed by atoms with van der Waals surface area (Å²) >= 11 is 0. The molecule has 1 aliphatic rings. The van der Waals surface area contributed by atoms with Crippen LogP contribution in [0.1, 0.15) is 50.1 Å². The van der Waals surface area contributed by atoms with E-state index in [1.165, 1.54) is 7.11 Å². The molecule has 34 heavy (non-hydrogen) atoms. The van der Waals surface area contributed by atoms with E-state index in [1.807, 2.05) is 21.6 Å². The number of ether oxygens (including phenoxy) is 1. The Bertz CT molecular complexity index is 1160. The number of fused-ring (bicyclic) bond motifs is 1. The minimum Gasteiger partial charge on any atom is -0.464 e. The smallest absolute Gasteiger partial charge is 0.354 e. The van der Waals surface area contributed by atoms with E-state index in [9.17, 15) is 9.59 Å². The monoisotopic (exact) mass is 464 g/mol. The van der Waals surface area contributed by atoms with Gasteiger partial charge in [-0.3, -0.25) is 4.79 Å². The number of nitrogens with zero attached hydrogens (tertiary/aromatic N) is 5. The fourth-order valence-electron chi connectivity index (χ4n) is 4.52. The second-order valence-electron chi connectivity index (χ2n) is 8.50. The molecule has 1 aliphatic heterocycles. The Morgan fingerprint density at radius 2 is 1.76 bits per heavy atom. The van der Waals surface area contributed by atoms with E-state index >= 15 is 0 Å². The maximum atomic E-state index is 12.4. The third-order valence-corrected chi connectivity index (χ3v) is 6.49. The van der Waals surface area contributed by atoms with Crippen LogP contribution < -0.4 is 10.2 Å². The highest BCUT2D eigenvalue weighted by molar-refractivity contribution is 5.94. The molecule has 3 heterocycles. The highest BCUT2D eigenvalue weighted by Crippen LogP contribution is 2.28. The molecule has 1 amide bonds. The zero-order valence-electron chi connectivity index (χ0n) is 20.2. The number of carbonyl (C=O) groups is 2. The van der Waals surface area contributed by atoms with Crippen LogP contribution >= 0.6 is 0 Å². The molecule has 0 spiro atoms. The van der Waals surface area contributed by atoms with Gasteiger partial charge in [-0.1, -0.05) is 13.8 Å². The Morgan fingerprint density at radius 3 is 2.35 bits per heavy atom. The van der Waals surface area contributed by atoms with Gasteiger partial charge < -0.3 is 24.4 Å². The molecule has 0 aliphatic carbocycles. The lowest BCUT2D eigenvalue weighted by molar-refractivity contribution is -0.129. The summed E-state index contributed by atoms with van der Waals surface area (Å²) in [6.45, 7) is 8.95. The molecule has 0 atom stereocenters. The third-order valence-electron chi connectivity index (χ3n) is 6.49. The van der Waals surface area contributed by atoms with Crippen molar-refractivity contribution in [1.29, 1.82) is 0 Å². The van der Waals surface area contributed by atoms with Crippen molar-refractivity contribution in [2.24, 2.45) is 0 Å². The Kier molecular flexibility index (Phi) is 7.00. The van der Waals surface area contributed by atoms with Crippen LogP contribution in [0.4, 0.5) is 17.3 Å². The molecule has 0 unspecified atom stereocenters. The molecule has 4 rings (SSSR count). The summed E-state index contributed by atoms with van der Waals surface area (Å²) in [6, 6.07) is 10.1. The van der Waals surface area contributed by atoms with Gasteiger partial charge in [0.2, 0.25) is 11.9 Å². The van der Waals surface area contributed by atoms with Crippen LogP contribution in [0, 0.1) is 0 Å². The van der Waals surface area contributed by atoms with Gasteiger partial charge in [0.25, 0.3) is 0 Å². The molecule has 9 nitrogen and oxygen atoms in total. The number of rotatable bonds is 7. The van der Waals surface area contributed by atoms with E-state index in [4.69, 9.17) is 9.72 Å². The summed E-state index contributed by atoms with van der Waals surface area (Å²) < 4.78 is 6.97. The molecule has 9 heteroatoms. The van der Waals surface area contributed by atoms with Crippen LogP contribution in [0.15, 0.2) is 36.5 Å². The number of anilines is 3. The van der Waals surface area contributed by atoms with E-state index in [-0.39, 0.29) is 17.9 Å². The first-order chi connectivity index (χ1) is 16.4. The molecule has 1 saturated heterocycles. The molecular weight excluding hydrogens is 432 g/mol. The summed E-state index contributed by atoms with van der Waals surface area (Å²) in [4.78, 5) is 37.3. The van der Waals surface area contributed by atoms with Crippen molar-refractivity contribution >= 4 is 40.2 Å². The van der Waals surface area contributed by atoms with Crippen molar-refractivity contribution in [1.82, 2.24) is 19.4 Å². The maximum absolute atomic E-state index is 12.4. The van der Waals surface area contributed by atoms with Crippen LogP contribution in [0.2, 0.25) is 0 Å². The number of methoxy groups -OCH3 is 1. The van der Waals surface area contributed by atoms with Crippen LogP contribution in [0.3, 0.4) is 0 Å². The first kappa shape index (κ1) is 23.5. The summed E-state index contributed by atoms with van der Waals surface area (Å²) in [6.07, 6.45) is 3.48. The average Bonchev–Trinajstić information content (AvgIpc) is 3.24. The van der Waals surface area contributed by atoms with Gasteiger partial charge in [0.05, 0.1) is 7.11 Å². The zero-order valence-corrected chi connectivity index (χ0v) is 20.2.